The van der Waals surface area contributed by atoms with Crippen molar-refractivity contribution in [2.24, 2.45) is 0 Å². The number of carbonyl (C=O) groups excluding carboxylic acids is 1. The van der Waals surface area contributed by atoms with Crippen LogP contribution in [0.15, 0.2) is 46.1 Å². The number of nitrogens with zero attached hydrogens (tertiary/aromatic N) is 1. The first-order chi connectivity index (χ1) is 10.7. The summed E-state index contributed by atoms with van der Waals surface area (Å²) in [5.41, 5.74) is 4.65. The van der Waals surface area contributed by atoms with Gasteiger partial charge in [-0.25, -0.2) is 0 Å². The SMILES string of the molecule is CSC1=C(C#N)[C@@H](c2ccccc2C)C2=C(CCCC2=O)N1. The van der Waals surface area contributed by atoms with E-state index in [1.165, 1.54) is 0 Å². The molecule has 1 aromatic carbocycles. The van der Waals surface area contributed by atoms with Crippen LogP contribution in [-0.2, 0) is 4.79 Å². The first kappa shape index (κ1) is 14.9. The lowest BCUT2D eigenvalue weighted by molar-refractivity contribution is -0.116. The molecular weight excluding hydrogens is 292 g/mol. The zero-order valence-electron chi connectivity index (χ0n) is 12.8. The molecule has 4 heteroatoms. The maximum Gasteiger partial charge on any atom is 0.161 e. The molecule has 3 rings (SSSR count). The number of benzene rings is 1. The molecule has 1 aliphatic heterocycles. The van der Waals surface area contributed by atoms with Gasteiger partial charge in [0, 0.05) is 17.7 Å². The molecule has 1 aliphatic carbocycles. The van der Waals surface area contributed by atoms with Gasteiger partial charge in [-0.3, -0.25) is 4.79 Å². The van der Waals surface area contributed by atoms with Crippen molar-refractivity contribution < 1.29 is 4.79 Å². The zero-order valence-corrected chi connectivity index (χ0v) is 13.6. The Hall–Kier alpha value is -1.99. The van der Waals surface area contributed by atoms with Crippen LogP contribution in [0.25, 0.3) is 0 Å². The van der Waals surface area contributed by atoms with Crippen LogP contribution in [0.4, 0.5) is 0 Å². The predicted octanol–water partition coefficient (Wildman–Crippen LogP) is 3.79. The number of ketones is 1. The largest absolute Gasteiger partial charge is 0.352 e. The minimum atomic E-state index is -0.224. The summed E-state index contributed by atoms with van der Waals surface area (Å²) in [6, 6.07) is 10.4. The molecule has 0 amide bonds. The molecule has 0 aromatic heterocycles. The maximum absolute atomic E-state index is 12.5. The van der Waals surface area contributed by atoms with Gasteiger partial charge in [0.25, 0.3) is 0 Å². The summed E-state index contributed by atoms with van der Waals surface area (Å²) >= 11 is 1.54. The number of thioether (sulfide) groups is 1. The lowest BCUT2D eigenvalue weighted by atomic mass is 9.76. The van der Waals surface area contributed by atoms with Gasteiger partial charge in [0.05, 0.1) is 22.6 Å². The smallest absolute Gasteiger partial charge is 0.161 e. The van der Waals surface area contributed by atoms with Gasteiger partial charge in [0.15, 0.2) is 5.78 Å². The van der Waals surface area contributed by atoms with Crippen LogP contribution in [0.2, 0.25) is 0 Å². The first-order valence-electron chi connectivity index (χ1n) is 7.44. The van der Waals surface area contributed by atoms with Crippen molar-refractivity contribution in [3.05, 3.63) is 57.3 Å². The van der Waals surface area contributed by atoms with E-state index < -0.39 is 0 Å². The fraction of sp³-hybridized carbons (Fsp3) is 0.333. The summed E-state index contributed by atoms with van der Waals surface area (Å²) in [7, 11) is 0. The molecular formula is C18H18N2OS. The number of hydrogen-bond donors (Lipinski definition) is 1. The second-order valence-electron chi connectivity index (χ2n) is 5.64. The highest BCUT2D eigenvalue weighted by Crippen LogP contribution is 2.44. The minimum absolute atomic E-state index is 0.176. The van der Waals surface area contributed by atoms with Crippen LogP contribution in [0.5, 0.6) is 0 Å². The van der Waals surface area contributed by atoms with Crippen LogP contribution in [0.1, 0.15) is 36.3 Å². The van der Waals surface area contributed by atoms with Crippen LogP contribution in [0.3, 0.4) is 0 Å². The van der Waals surface area contributed by atoms with Gasteiger partial charge in [-0.15, -0.1) is 11.8 Å². The Morgan fingerprint density at radius 3 is 2.77 bits per heavy atom. The number of nitriles is 1. The molecule has 1 aromatic rings. The van der Waals surface area contributed by atoms with Gasteiger partial charge in [-0.2, -0.15) is 5.26 Å². The Morgan fingerprint density at radius 1 is 1.32 bits per heavy atom. The van der Waals surface area contributed by atoms with Crippen molar-refractivity contribution >= 4 is 17.5 Å². The highest BCUT2D eigenvalue weighted by atomic mass is 32.2. The third-order valence-corrected chi connectivity index (χ3v) is 5.10. The molecule has 0 saturated carbocycles. The number of dihydropyridines is 1. The molecule has 1 heterocycles. The number of carbonyl (C=O) groups is 1. The molecule has 1 atom stereocenters. The van der Waals surface area contributed by atoms with E-state index in [1.54, 1.807) is 11.8 Å². The summed E-state index contributed by atoms with van der Waals surface area (Å²) in [5.74, 6) is -0.0485. The summed E-state index contributed by atoms with van der Waals surface area (Å²) < 4.78 is 0. The summed E-state index contributed by atoms with van der Waals surface area (Å²) in [6.45, 7) is 2.04. The van der Waals surface area contributed by atoms with E-state index in [0.717, 1.165) is 40.3 Å². The van der Waals surface area contributed by atoms with Gasteiger partial charge >= 0.3 is 0 Å². The van der Waals surface area contributed by atoms with Crippen molar-refractivity contribution in [2.75, 3.05) is 6.26 Å². The van der Waals surface area contributed by atoms with Crippen molar-refractivity contribution in [3.63, 3.8) is 0 Å². The molecule has 0 radical (unpaired) electrons. The van der Waals surface area contributed by atoms with Gasteiger partial charge in [0.2, 0.25) is 0 Å². The second kappa shape index (κ2) is 6.02. The normalized spacial score (nSPS) is 21.3. The van der Waals surface area contributed by atoms with E-state index in [9.17, 15) is 10.1 Å². The lowest BCUT2D eigenvalue weighted by Gasteiger charge is -2.33. The van der Waals surface area contributed by atoms with E-state index in [1.807, 2.05) is 37.4 Å². The molecule has 0 unspecified atom stereocenters. The van der Waals surface area contributed by atoms with Gasteiger partial charge in [-0.05, 0) is 37.1 Å². The molecule has 0 spiro atoms. The first-order valence-corrected chi connectivity index (χ1v) is 8.67. The number of hydrogen-bond acceptors (Lipinski definition) is 4. The van der Waals surface area contributed by atoms with Crippen LogP contribution < -0.4 is 5.32 Å². The molecule has 0 saturated heterocycles. The fourth-order valence-electron chi connectivity index (χ4n) is 3.31. The molecule has 22 heavy (non-hydrogen) atoms. The van der Waals surface area contributed by atoms with Crippen molar-refractivity contribution in [1.29, 1.82) is 5.26 Å². The highest BCUT2D eigenvalue weighted by molar-refractivity contribution is 8.02. The van der Waals surface area contributed by atoms with Crippen LogP contribution in [-0.4, -0.2) is 12.0 Å². The number of nitrogens with one attached hydrogen (secondary N) is 1. The Balaban J connectivity index is 2.24. The number of allylic oxidation sites excluding steroid dienone is 3. The molecule has 3 nitrogen and oxygen atoms in total. The van der Waals surface area contributed by atoms with Crippen molar-refractivity contribution in [3.8, 4) is 6.07 Å². The minimum Gasteiger partial charge on any atom is -0.352 e. The standard InChI is InChI=1S/C18H18N2OS/c1-11-6-3-4-7-12(11)16-13(10-19)18(22-2)20-14-8-5-9-15(21)17(14)16/h3-4,6-7,16,20H,5,8-9H2,1-2H3/t16-/m1/s1. The molecule has 112 valence electrons. The Bertz CT molecular complexity index is 740. The van der Waals surface area contributed by atoms with Crippen molar-refractivity contribution in [1.82, 2.24) is 5.32 Å². The quantitative estimate of drug-likeness (QED) is 0.903. The maximum atomic E-state index is 12.5. The van der Waals surface area contributed by atoms with E-state index in [2.05, 4.69) is 11.4 Å². The Morgan fingerprint density at radius 2 is 2.09 bits per heavy atom. The third-order valence-electron chi connectivity index (χ3n) is 4.37. The molecule has 0 fully saturated rings. The Kier molecular flexibility index (Phi) is 4.08. The van der Waals surface area contributed by atoms with E-state index >= 15 is 0 Å². The summed E-state index contributed by atoms with van der Waals surface area (Å²) in [6.07, 6.45) is 4.31. The topological polar surface area (TPSA) is 52.9 Å². The number of rotatable bonds is 2. The van der Waals surface area contributed by atoms with Crippen LogP contribution in [0, 0.1) is 18.3 Å². The molecule has 2 aliphatic rings. The summed E-state index contributed by atoms with van der Waals surface area (Å²) in [5, 5.41) is 13.9. The fourth-order valence-corrected chi connectivity index (χ4v) is 3.91. The average molecular weight is 310 g/mol. The van der Waals surface area contributed by atoms with Crippen LogP contribution >= 0.6 is 11.8 Å². The third kappa shape index (κ3) is 2.36. The average Bonchev–Trinajstić information content (AvgIpc) is 2.54. The van der Waals surface area contributed by atoms with E-state index in [0.29, 0.717) is 12.0 Å². The Labute approximate surface area is 135 Å². The number of aryl methyl sites for hydroxylation is 1. The summed E-state index contributed by atoms with van der Waals surface area (Å²) in [4.78, 5) is 12.5. The van der Waals surface area contributed by atoms with Crippen molar-refractivity contribution in [2.45, 2.75) is 32.1 Å². The molecule has 1 N–H and O–H groups in total. The predicted molar refractivity (Wildman–Crippen MR) is 89.1 cm³/mol. The monoisotopic (exact) mass is 310 g/mol. The zero-order chi connectivity index (χ0) is 15.7. The molecule has 0 bridgehead atoms. The number of Topliss-reactive ketones (excluding diaryl/α,β-unsaturated/α-hetero) is 1. The highest BCUT2D eigenvalue weighted by Gasteiger charge is 2.37. The van der Waals surface area contributed by atoms with E-state index in [-0.39, 0.29) is 11.7 Å². The van der Waals surface area contributed by atoms with Gasteiger partial charge in [0.1, 0.15) is 0 Å². The lowest BCUT2D eigenvalue weighted by Crippen LogP contribution is -2.31. The van der Waals surface area contributed by atoms with Gasteiger partial charge in [-0.1, -0.05) is 24.3 Å². The van der Waals surface area contributed by atoms with E-state index in [4.69, 9.17) is 0 Å². The van der Waals surface area contributed by atoms with Gasteiger partial charge < -0.3 is 5.32 Å². The second-order valence-corrected chi connectivity index (χ2v) is 6.46.